The van der Waals surface area contributed by atoms with Crippen LogP contribution in [0.3, 0.4) is 0 Å². The molecule has 1 heterocycles. The van der Waals surface area contributed by atoms with Crippen molar-refractivity contribution in [2.45, 2.75) is 45.1 Å². The number of sulfone groups is 1. The third-order valence-corrected chi connectivity index (χ3v) is 8.27. The molecule has 3 rings (SSSR count). The molecule has 0 saturated carbocycles. The molecule has 0 N–H and O–H groups in total. The van der Waals surface area contributed by atoms with E-state index in [1.54, 1.807) is 12.1 Å². The van der Waals surface area contributed by atoms with Gasteiger partial charge in [0.05, 0.1) is 27.5 Å². The molecule has 172 valence electrons. The van der Waals surface area contributed by atoms with E-state index in [1.807, 2.05) is 25.3 Å². The number of hydrogen-bond donors (Lipinski definition) is 0. The number of carbonyl (C=O) groups excluding carboxylic acids is 1. The topological polar surface area (TPSA) is 77.7 Å². The molecule has 32 heavy (non-hydrogen) atoms. The molecule has 0 bridgehead atoms. The smallest absolute Gasteiger partial charge is 0.248 e. The fourth-order valence-electron chi connectivity index (χ4n) is 3.45. The lowest BCUT2D eigenvalue weighted by Gasteiger charge is -2.07. The summed E-state index contributed by atoms with van der Waals surface area (Å²) in [5.41, 5.74) is 3.31. The Morgan fingerprint density at radius 1 is 1.19 bits per heavy atom. The van der Waals surface area contributed by atoms with Gasteiger partial charge in [-0.05, 0) is 68.7 Å². The van der Waals surface area contributed by atoms with Crippen molar-refractivity contribution in [1.82, 2.24) is 4.57 Å². The summed E-state index contributed by atoms with van der Waals surface area (Å²) in [6.07, 6.45) is 0.264. The molecule has 6 nitrogen and oxygen atoms in total. The summed E-state index contributed by atoms with van der Waals surface area (Å²) in [6, 6.07) is 10.2. The Balaban J connectivity index is 1.78. The molecular weight excluding hydrogens is 468 g/mol. The van der Waals surface area contributed by atoms with Crippen LogP contribution >= 0.6 is 22.9 Å². The number of aryl methyl sites for hydroxylation is 2. The number of fused-ring (bicyclic) bond motifs is 1. The number of aromatic nitrogens is 1. The first kappa shape index (κ1) is 24.6. The molecular formula is C23H27ClN2O4S2. The third-order valence-electron chi connectivity index (χ3n) is 4.97. The summed E-state index contributed by atoms with van der Waals surface area (Å²) in [5.74, 6) is -0.451. The highest BCUT2D eigenvalue weighted by molar-refractivity contribution is 7.91. The molecule has 2 aromatic carbocycles. The van der Waals surface area contributed by atoms with Gasteiger partial charge in [0.2, 0.25) is 5.91 Å². The minimum atomic E-state index is -3.47. The Hall–Kier alpha value is -2.00. The van der Waals surface area contributed by atoms with Gasteiger partial charge in [-0.15, -0.1) is 0 Å². The SMILES string of the molecule is CCOCCn1c(=NC(=O)CCCS(=O)(=O)c2ccc(Cl)cc2)sc2c(C)cc(C)cc21. The van der Waals surface area contributed by atoms with Crippen molar-refractivity contribution >= 4 is 48.9 Å². The first-order chi connectivity index (χ1) is 15.2. The number of carbonyl (C=O) groups is 1. The van der Waals surface area contributed by atoms with Crippen LogP contribution in [0.1, 0.15) is 30.9 Å². The Morgan fingerprint density at radius 3 is 2.59 bits per heavy atom. The van der Waals surface area contributed by atoms with Gasteiger partial charge in [0.1, 0.15) is 0 Å². The second kappa shape index (κ2) is 10.7. The molecule has 0 spiro atoms. The van der Waals surface area contributed by atoms with Crippen molar-refractivity contribution in [1.29, 1.82) is 0 Å². The zero-order valence-corrected chi connectivity index (χ0v) is 20.8. The van der Waals surface area contributed by atoms with Gasteiger partial charge in [0.25, 0.3) is 0 Å². The summed E-state index contributed by atoms with van der Waals surface area (Å²) in [7, 11) is -3.47. The average molecular weight is 495 g/mol. The van der Waals surface area contributed by atoms with E-state index in [2.05, 4.69) is 17.1 Å². The first-order valence-electron chi connectivity index (χ1n) is 10.5. The average Bonchev–Trinajstić information content (AvgIpc) is 3.06. The Morgan fingerprint density at radius 2 is 1.91 bits per heavy atom. The van der Waals surface area contributed by atoms with Crippen LogP contribution in [-0.4, -0.2) is 37.9 Å². The summed E-state index contributed by atoms with van der Waals surface area (Å²) in [4.78, 5) is 17.7. The Kier molecular flexibility index (Phi) is 8.27. The van der Waals surface area contributed by atoms with Crippen molar-refractivity contribution < 1.29 is 17.9 Å². The molecule has 0 atom stereocenters. The van der Waals surface area contributed by atoms with Gasteiger partial charge in [-0.1, -0.05) is 29.0 Å². The zero-order chi connectivity index (χ0) is 23.3. The first-order valence-corrected chi connectivity index (χ1v) is 13.3. The molecule has 1 aromatic heterocycles. The Labute approximate surface area is 197 Å². The minimum absolute atomic E-state index is 0.0601. The van der Waals surface area contributed by atoms with Crippen LogP contribution in [0.4, 0.5) is 0 Å². The summed E-state index contributed by atoms with van der Waals surface area (Å²) in [5, 5.41) is 0.476. The maximum atomic E-state index is 12.6. The van der Waals surface area contributed by atoms with Gasteiger partial charge in [-0.2, -0.15) is 4.99 Å². The number of hydrogen-bond acceptors (Lipinski definition) is 5. The molecule has 0 aliphatic heterocycles. The number of amides is 1. The van der Waals surface area contributed by atoms with Crippen molar-refractivity contribution in [3.8, 4) is 0 Å². The van der Waals surface area contributed by atoms with E-state index in [0.29, 0.717) is 29.6 Å². The van der Waals surface area contributed by atoms with Crippen LogP contribution in [0.2, 0.25) is 5.02 Å². The van der Waals surface area contributed by atoms with Gasteiger partial charge >= 0.3 is 0 Å². The van der Waals surface area contributed by atoms with Crippen LogP contribution < -0.4 is 4.80 Å². The van der Waals surface area contributed by atoms with Gasteiger partial charge in [0, 0.05) is 24.6 Å². The Bertz CT molecular complexity index is 1280. The number of benzene rings is 2. The lowest BCUT2D eigenvalue weighted by molar-refractivity contribution is -0.118. The van der Waals surface area contributed by atoms with Crippen LogP contribution in [0, 0.1) is 13.8 Å². The van der Waals surface area contributed by atoms with Gasteiger partial charge in [0.15, 0.2) is 14.6 Å². The summed E-state index contributed by atoms with van der Waals surface area (Å²) < 4.78 is 33.5. The van der Waals surface area contributed by atoms with E-state index >= 15 is 0 Å². The number of ether oxygens (including phenoxy) is 1. The number of thiazole rings is 1. The fraction of sp³-hybridized carbons (Fsp3) is 0.391. The monoisotopic (exact) mass is 494 g/mol. The lowest BCUT2D eigenvalue weighted by atomic mass is 10.1. The molecule has 1 amide bonds. The highest BCUT2D eigenvalue weighted by atomic mass is 35.5. The van der Waals surface area contributed by atoms with Crippen LogP contribution in [0.15, 0.2) is 46.3 Å². The number of rotatable bonds is 9. The summed E-state index contributed by atoms with van der Waals surface area (Å²) >= 11 is 7.30. The van der Waals surface area contributed by atoms with Gasteiger partial charge in [-0.25, -0.2) is 8.42 Å². The second-order valence-corrected chi connectivity index (χ2v) is 11.1. The molecule has 0 aliphatic carbocycles. The van der Waals surface area contributed by atoms with Crippen LogP contribution in [0.5, 0.6) is 0 Å². The molecule has 3 aromatic rings. The number of halogens is 1. The zero-order valence-electron chi connectivity index (χ0n) is 18.4. The van der Waals surface area contributed by atoms with Crippen molar-refractivity contribution in [3.05, 3.63) is 57.3 Å². The minimum Gasteiger partial charge on any atom is -0.380 e. The highest BCUT2D eigenvalue weighted by Crippen LogP contribution is 2.23. The van der Waals surface area contributed by atoms with Crippen LogP contribution in [0.25, 0.3) is 10.2 Å². The van der Waals surface area contributed by atoms with Crippen molar-refractivity contribution in [2.24, 2.45) is 4.99 Å². The number of nitrogens with zero attached hydrogens (tertiary/aromatic N) is 2. The van der Waals surface area contributed by atoms with E-state index in [4.69, 9.17) is 16.3 Å². The second-order valence-electron chi connectivity index (χ2n) is 7.55. The molecule has 0 unspecified atom stereocenters. The fourth-order valence-corrected chi connectivity index (χ4v) is 6.01. The molecule has 0 aliphatic rings. The summed E-state index contributed by atoms with van der Waals surface area (Å²) in [6.45, 7) is 7.77. The van der Waals surface area contributed by atoms with Gasteiger partial charge in [-0.3, -0.25) is 4.79 Å². The highest BCUT2D eigenvalue weighted by Gasteiger charge is 2.15. The predicted octanol–water partition coefficient (Wildman–Crippen LogP) is 4.69. The van der Waals surface area contributed by atoms with E-state index in [0.717, 1.165) is 21.3 Å². The van der Waals surface area contributed by atoms with E-state index in [9.17, 15) is 13.2 Å². The normalized spacial score (nSPS) is 12.6. The quantitative estimate of drug-likeness (QED) is 0.404. The van der Waals surface area contributed by atoms with Crippen LogP contribution in [-0.2, 0) is 25.9 Å². The van der Waals surface area contributed by atoms with Crippen molar-refractivity contribution in [2.75, 3.05) is 19.0 Å². The van der Waals surface area contributed by atoms with Gasteiger partial charge < -0.3 is 9.30 Å². The molecule has 0 fully saturated rings. The molecule has 0 radical (unpaired) electrons. The largest absolute Gasteiger partial charge is 0.380 e. The maximum absolute atomic E-state index is 12.6. The van der Waals surface area contributed by atoms with E-state index in [1.165, 1.54) is 23.5 Å². The molecule has 0 saturated heterocycles. The third kappa shape index (κ3) is 6.07. The van der Waals surface area contributed by atoms with E-state index < -0.39 is 9.84 Å². The van der Waals surface area contributed by atoms with Crippen molar-refractivity contribution in [3.63, 3.8) is 0 Å². The standard InChI is InChI=1S/C23H27ClN2O4S2/c1-4-30-12-11-26-20-15-16(2)14-17(3)22(20)31-23(26)25-21(27)6-5-13-32(28,29)19-9-7-18(24)8-10-19/h7-10,14-15H,4-6,11-13H2,1-3H3. The van der Waals surface area contributed by atoms with E-state index in [-0.39, 0.29) is 29.4 Å². The maximum Gasteiger partial charge on any atom is 0.248 e. The lowest BCUT2D eigenvalue weighted by Crippen LogP contribution is -2.20. The molecule has 9 heteroatoms. The predicted molar refractivity (Wildman–Crippen MR) is 129 cm³/mol.